The lowest BCUT2D eigenvalue weighted by Crippen LogP contribution is -2.17. The highest BCUT2D eigenvalue weighted by molar-refractivity contribution is 7.43. The number of esters is 2. The molecule has 0 N–H and O–H groups in total. The van der Waals surface area contributed by atoms with Gasteiger partial charge in [0.05, 0.1) is 0 Å². The van der Waals surface area contributed by atoms with Crippen LogP contribution >= 0.6 is 8.60 Å². The van der Waals surface area contributed by atoms with Crippen molar-refractivity contribution in [3.05, 3.63) is 152 Å². The molecule has 0 aromatic heterocycles. The van der Waals surface area contributed by atoms with Gasteiger partial charge < -0.3 is 23.0 Å². The Kier molecular flexibility index (Phi) is 11.3. The molecule has 7 rings (SSSR count). The fraction of sp³-hybridized carbons (Fsp3) is 0.358. The molecule has 0 radical (unpaired) electrons. The van der Waals surface area contributed by atoms with Gasteiger partial charge in [-0.3, -0.25) is 9.59 Å². The Hall–Kier alpha value is -5.39. The van der Waals surface area contributed by atoms with Crippen molar-refractivity contribution in [1.29, 1.82) is 0 Å². The minimum Gasteiger partial charge on any atom is -0.425 e. The summed E-state index contributed by atoms with van der Waals surface area (Å²) in [5.74, 6) is 1.26. The smallest absolute Gasteiger partial charge is 0.425 e. The Labute approximate surface area is 363 Å². The standard InChI is InChI=1S/C53H59O7P/c1-29(2)39-25-36(51(7,8)9)26-40-43(49(54)56-47(39)40)34-21-30(3)45(31(4)22-34)59-61(58-38-19-17-16-18-20-38)60-46-32(5)23-35(24-33(46)6)44-41-27-37(52(10,11)12)28-42(53(13,14)15)48(41)57-50(44)55/h16-28,43-44H,1H2,2-15H3. The third-order valence-corrected chi connectivity index (χ3v) is 12.6. The molecule has 61 heavy (non-hydrogen) atoms. The number of fused-ring (bicyclic) bond motifs is 2. The minimum atomic E-state index is -2.05. The van der Waals surface area contributed by atoms with Crippen LogP contribution in [-0.2, 0) is 25.8 Å². The maximum atomic E-state index is 13.8. The SMILES string of the molecule is C=C(C)c1cc(C(C)(C)C)cc2c1OC(=O)C2c1cc(C)c(OP(Oc2ccccc2)Oc2c(C)cc(C3C(=O)Oc4c3cc(C(C)(C)C)cc4C(C)(C)C)cc2C)c(C)c1. The van der Waals surface area contributed by atoms with E-state index >= 15 is 0 Å². The van der Waals surface area contributed by atoms with Gasteiger partial charge in [-0.25, -0.2) is 0 Å². The van der Waals surface area contributed by atoms with Crippen molar-refractivity contribution in [3.8, 4) is 28.7 Å². The van der Waals surface area contributed by atoms with Crippen LogP contribution in [0.5, 0.6) is 28.7 Å². The zero-order valence-corrected chi connectivity index (χ0v) is 39.1. The molecular formula is C53H59O7P. The Morgan fingerprint density at radius 1 is 0.574 bits per heavy atom. The summed E-state index contributed by atoms with van der Waals surface area (Å²) in [6.45, 7) is 33.5. The number of carbonyl (C=O) groups is 2. The maximum absolute atomic E-state index is 13.8. The zero-order valence-electron chi connectivity index (χ0n) is 38.2. The van der Waals surface area contributed by atoms with Crippen LogP contribution in [0.15, 0.2) is 85.4 Å². The summed E-state index contributed by atoms with van der Waals surface area (Å²) in [5, 5.41) is 0. The molecule has 3 unspecified atom stereocenters. The van der Waals surface area contributed by atoms with Crippen molar-refractivity contribution in [3.63, 3.8) is 0 Å². The molecule has 318 valence electrons. The van der Waals surface area contributed by atoms with Crippen molar-refractivity contribution >= 4 is 26.1 Å². The predicted molar refractivity (Wildman–Crippen MR) is 246 cm³/mol. The number of aryl methyl sites for hydroxylation is 4. The van der Waals surface area contributed by atoms with Crippen LogP contribution in [0.4, 0.5) is 0 Å². The van der Waals surface area contributed by atoms with Crippen LogP contribution in [0, 0.1) is 27.7 Å². The molecule has 2 aliphatic heterocycles. The van der Waals surface area contributed by atoms with E-state index in [1.807, 2.05) is 89.2 Å². The fourth-order valence-electron chi connectivity index (χ4n) is 8.26. The Balaban J connectivity index is 1.23. The van der Waals surface area contributed by atoms with E-state index in [9.17, 15) is 9.59 Å². The van der Waals surface area contributed by atoms with E-state index in [4.69, 9.17) is 23.0 Å². The lowest BCUT2D eigenvalue weighted by Gasteiger charge is -2.27. The minimum absolute atomic E-state index is 0.125. The van der Waals surface area contributed by atoms with Crippen molar-refractivity contribution in [2.24, 2.45) is 0 Å². The molecule has 0 amide bonds. The largest absolute Gasteiger partial charge is 0.530 e. The van der Waals surface area contributed by atoms with E-state index in [2.05, 4.69) is 93.2 Å². The van der Waals surface area contributed by atoms with Crippen LogP contribution in [0.3, 0.4) is 0 Å². The first-order valence-electron chi connectivity index (χ1n) is 21.0. The van der Waals surface area contributed by atoms with Gasteiger partial charge in [-0.05, 0) is 119 Å². The number of para-hydroxylation sites is 1. The van der Waals surface area contributed by atoms with Crippen LogP contribution in [0.25, 0.3) is 5.57 Å². The number of allylic oxidation sites excluding steroid dienone is 1. The van der Waals surface area contributed by atoms with Gasteiger partial charge in [0.2, 0.25) is 0 Å². The van der Waals surface area contributed by atoms with Crippen molar-refractivity contribution in [2.45, 2.75) is 125 Å². The lowest BCUT2D eigenvalue weighted by molar-refractivity contribution is -0.134. The second-order valence-electron chi connectivity index (χ2n) is 19.9. The van der Waals surface area contributed by atoms with Crippen LogP contribution < -0.4 is 23.0 Å². The maximum Gasteiger partial charge on any atom is 0.530 e. The van der Waals surface area contributed by atoms with Gasteiger partial charge in [0.25, 0.3) is 0 Å². The molecule has 0 saturated carbocycles. The zero-order chi connectivity index (χ0) is 44.5. The third kappa shape index (κ3) is 8.60. The predicted octanol–water partition coefficient (Wildman–Crippen LogP) is 13.7. The molecule has 8 heteroatoms. The summed E-state index contributed by atoms with van der Waals surface area (Å²) in [6, 6.07) is 26.0. The van der Waals surface area contributed by atoms with Gasteiger partial charge >= 0.3 is 20.5 Å². The van der Waals surface area contributed by atoms with Crippen LogP contribution in [0.1, 0.15) is 148 Å². The number of ether oxygens (including phenoxy) is 2. The molecule has 3 atom stereocenters. The van der Waals surface area contributed by atoms with E-state index in [0.717, 1.165) is 72.3 Å². The highest BCUT2D eigenvalue weighted by Crippen LogP contribution is 2.51. The normalized spacial score (nSPS) is 16.7. The van der Waals surface area contributed by atoms with E-state index in [1.54, 1.807) is 0 Å². The van der Waals surface area contributed by atoms with Gasteiger partial charge in [-0.1, -0.05) is 130 Å². The topological polar surface area (TPSA) is 80.3 Å². The monoisotopic (exact) mass is 838 g/mol. The van der Waals surface area contributed by atoms with E-state index in [-0.39, 0.29) is 28.2 Å². The summed E-state index contributed by atoms with van der Waals surface area (Å²) < 4.78 is 32.0. The fourth-order valence-corrected chi connectivity index (χ4v) is 9.54. The molecule has 0 bridgehead atoms. The Morgan fingerprint density at radius 2 is 1.00 bits per heavy atom. The quantitative estimate of drug-likeness (QED) is 0.0831. The van der Waals surface area contributed by atoms with Gasteiger partial charge in [0.1, 0.15) is 40.6 Å². The van der Waals surface area contributed by atoms with Gasteiger partial charge in [-0.2, -0.15) is 0 Å². The average molecular weight is 839 g/mol. The van der Waals surface area contributed by atoms with E-state index in [0.29, 0.717) is 28.7 Å². The summed E-state index contributed by atoms with van der Waals surface area (Å²) in [5.41, 5.74) is 11.2. The molecule has 5 aromatic rings. The molecule has 5 aromatic carbocycles. The molecule has 7 nitrogen and oxygen atoms in total. The average Bonchev–Trinajstić information content (AvgIpc) is 3.67. The van der Waals surface area contributed by atoms with Crippen LogP contribution in [-0.4, -0.2) is 11.9 Å². The molecule has 2 aliphatic rings. The lowest BCUT2D eigenvalue weighted by atomic mass is 9.77. The molecule has 0 fully saturated rings. The summed E-state index contributed by atoms with van der Waals surface area (Å²) in [7, 11) is -2.05. The third-order valence-electron chi connectivity index (χ3n) is 11.6. The number of hydrogen-bond donors (Lipinski definition) is 0. The van der Waals surface area contributed by atoms with Gasteiger partial charge in [0.15, 0.2) is 0 Å². The molecule has 0 spiro atoms. The number of rotatable bonds is 9. The van der Waals surface area contributed by atoms with Crippen molar-refractivity contribution < 1.29 is 32.6 Å². The summed E-state index contributed by atoms with van der Waals surface area (Å²) in [6.07, 6.45) is 0. The summed E-state index contributed by atoms with van der Waals surface area (Å²) >= 11 is 0. The highest BCUT2D eigenvalue weighted by atomic mass is 31.2. The van der Waals surface area contributed by atoms with E-state index in [1.165, 1.54) is 0 Å². The molecular weight excluding hydrogens is 780 g/mol. The van der Waals surface area contributed by atoms with Gasteiger partial charge in [0, 0.05) is 22.3 Å². The van der Waals surface area contributed by atoms with Crippen molar-refractivity contribution in [1.82, 2.24) is 0 Å². The highest BCUT2D eigenvalue weighted by Gasteiger charge is 2.41. The van der Waals surface area contributed by atoms with Crippen molar-refractivity contribution in [2.75, 3.05) is 0 Å². The first-order chi connectivity index (χ1) is 28.4. The molecule has 0 aliphatic carbocycles. The second kappa shape index (κ2) is 15.8. The first-order valence-corrected chi connectivity index (χ1v) is 22.1. The summed E-state index contributed by atoms with van der Waals surface area (Å²) in [4.78, 5) is 27.5. The Bertz CT molecular complexity index is 2540. The molecule has 0 saturated heterocycles. The Morgan fingerprint density at radius 3 is 1.43 bits per heavy atom. The molecule has 2 heterocycles. The number of hydrogen-bond acceptors (Lipinski definition) is 7. The number of carbonyl (C=O) groups excluding carboxylic acids is 2. The first kappa shape index (κ1) is 43.7. The van der Waals surface area contributed by atoms with E-state index < -0.39 is 20.4 Å². The number of benzene rings is 5. The van der Waals surface area contributed by atoms with Gasteiger partial charge in [-0.15, -0.1) is 0 Å². The van der Waals surface area contributed by atoms with Crippen LogP contribution in [0.2, 0.25) is 0 Å². The second-order valence-corrected chi connectivity index (χ2v) is 20.9.